The van der Waals surface area contributed by atoms with Gasteiger partial charge in [0.1, 0.15) is 16.2 Å². The Bertz CT molecular complexity index is 382. The lowest BCUT2D eigenvalue weighted by Gasteiger charge is -2.07. The monoisotopic (exact) mass is 313 g/mol. The van der Waals surface area contributed by atoms with E-state index in [2.05, 4.69) is 38.1 Å². The number of rotatable bonds is 8. The number of hydrogen-bond donors (Lipinski definition) is 1. The van der Waals surface area contributed by atoms with Gasteiger partial charge >= 0.3 is 0 Å². The van der Waals surface area contributed by atoms with Gasteiger partial charge in [0.15, 0.2) is 0 Å². The van der Waals surface area contributed by atoms with Crippen molar-refractivity contribution in [3.63, 3.8) is 0 Å². The normalized spacial score (nSPS) is 14.8. The van der Waals surface area contributed by atoms with Gasteiger partial charge in [-0.1, -0.05) is 6.92 Å². The number of aryl methyl sites for hydroxylation is 1. The Morgan fingerprint density at radius 1 is 1.44 bits per heavy atom. The summed E-state index contributed by atoms with van der Waals surface area (Å²) in [5, 5.41) is 3.30. The molecule has 0 saturated heterocycles. The molecular formula is C13H20BrN3O. The number of nitrogens with zero attached hydrogens (tertiary/aromatic N) is 2. The van der Waals surface area contributed by atoms with E-state index in [9.17, 15) is 0 Å². The molecule has 1 N–H and O–H groups in total. The molecular weight excluding hydrogens is 294 g/mol. The van der Waals surface area contributed by atoms with Crippen molar-refractivity contribution in [1.82, 2.24) is 9.97 Å². The molecule has 18 heavy (non-hydrogen) atoms. The fraction of sp³-hybridized carbons (Fsp3) is 0.692. The number of hydrogen-bond acceptors (Lipinski definition) is 4. The number of halogens is 1. The number of nitrogens with one attached hydrogen (secondary N) is 1. The van der Waals surface area contributed by atoms with Gasteiger partial charge in [0.25, 0.3) is 0 Å². The van der Waals surface area contributed by atoms with Crippen LogP contribution in [0, 0.1) is 5.92 Å². The maximum Gasteiger partial charge on any atom is 0.131 e. The van der Waals surface area contributed by atoms with Crippen molar-refractivity contribution in [1.29, 1.82) is 0 Å². The molecule has 5 heteroatoms. The number of ether oxygens (including phenoxy) is 1. The maximum atomic E-state index is 5.58. The summed E-state index contributed by atoms with van der Waals surface area (Å²) in [7, 11) is 0. The molecule has 0 atom stereocenters. The highest BCUT2D eigenvalue weighted by molar-refractivity contribution is 9.10. The lowest BCUT2D eigenvalue weighted by molar-refractivity contribution is 0.124. The van der Waals surface area contributed by atoms with E-state index < -0.39 is 0 Å². The maximum absolute atomic E-state index is 5.58. The first-order valence-corrected chi connectivity index (χ1v) is 7.42. The average molecular weight is 314 g/mol. The Labute approximate surface area is 117 Å². The third-order valence-corrected chi connectivity index (χ3v) is 3.29. The van der Waals surface area contributed by atoms with Crippen LogP contribution in [0.4, 0.5) is 5.82 Å². The van der Waals surface area contributed by atoms with Crippen LogP contribution in [0.3, 0.4) is 0 Å². The zero-order valence-electron chi connectivity index (χ0n) is 10.8. The van der Waals surface area contributed by atoms with Gasteiger partial charge in [-0.05, 0) is 41.1 Å². The van der Waals surface area contributed by atoms with Gasteiger partial charge in [-0.3, -0.25) is 0 Å². The fourth-order valence-electron chi connectivity index (χ4n) is 1.64. The van der Waals surface area contributed by atoms with Crippen LogP contribution >= 0.6 is 15.9 Å². The van der Waals surface area contributed by atoms with Crippen LogP contribution in [0.2, 0.25) is 0 Å². The van der Waals surface area contributed by atoms with Crippen molar-refractivity contribution in [2.24, 2.45) is 5.92 Å². The van der Waals surface area contributed by atoms with Gasteiger partial charge in [0.2, 0.25) is 0 Å². The second-order valence-corrected chi connectivity index (χ2v) is 5.46. The predicted molar refractivity (Wildman–Crippen MR) is 75.8 cm³/mol. The van der Waals surface area contributed by atoms with Crippen molar-refractivity contribution >= 4 is 21.7 Å². The molecule has 0 radical (unpaired) electrons. The summed E-state index contributed by atoms with van der Waals surface area (Å²) in [6.07, 6.45) is 4.56. The fourth-order valence-corrected chi connectivity index (χ4v) is 2.06. The van der Waals surface area contributed by atoms with Crippen molar-refractivity contribution in [2.75, 3.05) is 25.1 Å². The van der Waals surface area contributed by atoms with Gasteiger partial charge in [0, 0.05) is 32.2 Å². The summed E-state index contributed by atoms with van der Waals surface area (Å²) < 4.78 is 6.42. The minimum absolute atomic E-state index is 0.830. The van der Waals surface area contributed by atoms with E-state index in [0.717, 1.165) is 54.8 Å². The predicted octanol–water partition coefficient (Wildman–Crippen LogP) is 3.03. The molecule has 1 aliphatic carbocycles. The third-order valence-electron chi connectivity index (χ3n) is 2.88. The van der Waals surface area contributed by atoms with Gasteiger partial charge in [-0.25, -0.2) is 9.97 Å². The average Bonchev–Trinajstić information content (AvgIpc) is 3.17. The highest BCUT2D eigenvalue weighted by Gasteiger charge is 2.20. The SMILES string of the molecule is CCc1nc(Br)cc(NCCCOCC2CC2)n1. The Hall–Kier alpha value is -0.680. The van der Waals surface area contributed by atoms with Crippen LogP contribution in [0.25, 0.3) is 0 Å². The molecule has 0 bridgehead atoms. The minimum atomic E-state index is 0.830. The molecule has 1 saturated carbocycles. The first-order valence-electron chi connectivity index (χ1n) is 6.63. The third kappa shape index (κ3) is 4.90. The Balaban J connectivity index is 1.63. The standard InChI is InChI=1S/C13H20BrN3O/c1-2-12-16-11(14)8-13(17-12)15-6-3-7-18-9-10-4-5-10/h8,10H,2-7,9H2,1H3,(H,15,16,17). The van der Waals surface area contributed by atoms with Gasteiger partial charge in [-0.15, -0.1) is 0 Å². The quantitative estimate of drug-likeness (QED) is 0.592. The van der Waals surface area contributed by atoms with E-state index in [1.807, 2.05) is 6.07 Å². The summed E-state index contributed by atoms with van der Waals surface area (Å²) in [5.74, 6) is 2.59. The van der Waals surface area contributed by atoms with Gasteiger partial charge in [0.05, 0.1) is 0 Å². The lowest BCUT2D eigenvalue weighted by Crippen LogP contribution is -2.09. The summed E-state index contributed by atoms with van der Waals surface area (Å²) in [6.45, 7) is 4.71. The summed E-state index contributed by atoms with van der Waals surface area (Å²) in [4.78, 5) is 8.69. The van der Waals surface area contributed by atoms with E-state index in [1.54, 1.807) is 0 Å². The van der Waals surface area contributed by atoms with Crippen molar-refractivity contribution < 1.29 is 4.74 Å². The van der Waals surface area contributed by atoms with E-state index in [-0.39, 0.29) is 0 Å². The van der Waals surface area contributed by atoms with E-state index in [4.69, 9.17) is 4.74 Å². The minimum Gasteiger partial charge on any atom is -0.381 e. The molecule has 0 spiro atoms. The molecule has 100 valence electrons. The van der Waals surface area contributed by atoms with Crippen LogP contribution in [-0.2, 0) is 11.2 Å². The van der Waals surface area contributed by atoms with Gasteiger partial charge < -0.3 is 10.1 Å². The molecule has 1 fully saturated rings. The molecule has 2 rings (SSSR count). The summed E-state index contributed by atoms with van der Waals surface area (Å²) in [6, 6.07) is 1.91. The Kier molecular flexibility index (Phi) is 5.38. The number of anilines is 1. The molecule has 1 aromatic rings. The molecule has 1 aliphatic rings. The van der Waals surface area contributed by atoms with E-state index in [1.165, 1.54) is 12.8 Å². The lowest BCUT2D eigenvalue weighted by atomic mass is 10.4. The molecule has 0 aromatic carbocycles. The molecule has 1 aromatic heterocycles. The Morgan fingerprint density at radius 2 is 2.28 bits per heavy atom. The van der Waals surface area contributed by atoms with Crippen LogP contribution < -0.4 is 5.32 Å². The zero-order chi connectivity index (χ0) is 12.8. The van der Waals surface area contributed by atoms with Crippen molar-refractivity contribution in [3.05, 3.63) is 16.5 Å². The summed E-state index contributed by atoms with van der Waals surface area (Å²) in [5.41, 5.74) is 0. The van der Waals surface area contributed by atoms with Crippen LogP contribution in [0.1, 0.15) is 32.0 Å². The van der Waals surface area contributed by atoms with Crippen LogP contribution in [0.15, 0.2) is 10.7 Å². The topological polar surface area (TPSA) is 47.0 Å². The first kappa shape index (κ1) is 13.7. The van der Waals surface area contributed by atoms with Crippen molar-refractivity contribution in [3.8, 4) is 0 Å². The highest BCUT2D eigenvalue weighted by Crippen LogP contribution is 2.28. The number of aromatic nitrogens is 2. The first-order chi connectivity index (χ1) is 8.78. The van der Waals surface area contributed by atoms with E-state index >= 15 is 0 Å². The second-order valence-electron chi connectivity index (χ2n) is 4.64. The Morgan fingerprint density at radius 3 is 3.00 bits per heavy atom. The van der Waals surface area contributed by atoms with E-state index in [0.29, 0.717) is 0 Å². The van der Waals surface area contributed by atoms with Crippen LogP contribution in [0.5, 0.6) is 0 Å². The molecule has 0 amide bonds. The molecule has 0 unspecified atom stereocenters. The van der Waals surface area contributed by atoms with Crippen molar-refractivity contribution in [2.45, 2.75) is 32.6 Å². The molecule has 1 heterocycles. The van der Waals surface area contributed by atoms with Gasteiger partial charge in [-0.2, -0.15) is 0 Å². The second kappa shape index (κ2) is 7.04. The summed E-state index contributed by atoms with van der Waals surface area (Å²) >= 11 is 3.39. The smallest absolute Gasteiger partial charge is 0.131 e. The molecule has 0 aliphatic heterocycles. The molecule has 4 nitrogen and oxygen atoms in total. The van der Waals surface area contributed by atoms with Crippen LogP contribution in [-0.4, -0.2) is 29.7 Å². The largest absolute Gasteiger partial charge is 0.381 e. The zero-order valence-corrected chi connectivity index (χ0v) is 12.4. The highest BCUT2D eigenvalue weighted by atomic mass is 79.9.